The van der Waals surface area contributed by atoms with Gasteiger partial charge in [0.25, 0.3) is 5.56 Å². The standard InChI is InChI=1S/C17H25N3O2/c21-16(12-13-4-1-2-5-13)19-14-7-9-15(10-8-14)20-17(22)6-3-11-18-20/h3,6,11,13-15H,1-2,4-5,7-10,12H2,(H,19,21). The third kappa shape index (κ3) is 3.76. The molecule has 0 atom stereocenters. The van der Waals surface area contributed by atoms with Gasteiger partial charge < -0.3 is 5.32 Å². The van der Waals surface area contributed by atoms with Gasteiger partial charge in [-0.2, -0.15) is 5.10 Å². The molecule has 2 aliphatic carbocycles. The van der Waals surface area contributed by atoms with Crippen molar-refractivity contribution in [2.45, 2.75) is 69.9 Å². The van der Waals surface area contributed by atoms with Gasteiger partial charge in [-0.15, -0.1) is 0 Å². The number of hydrogen-bond acceptors (Lipinski definition) is 3. The lowest BCUT2D eigenvalue weighted by Gasteiger charge is -2.29. The number of nitrogens with zero attached hydrogens (tertiary/aromatic N) is 2. The molecule has 1 aromatic rings. The van der Waals surface area contributed by atoms with E-state index in [1.165, 1.54) is 25.7 Å². The van der Waals surface area contributed by atoms with E-state index in [-0.39, 0.29) is 23.6 Å². The lowest BCUT2D eigenvalue weighted by Crippen LogP contribution is -2.39. The van der Waals surface area contributed by atoms with Gasteiger partial charge in [0.1, 0.15) is 0 Å². The summed E-state index contributed by atoms with van der Waals surface area (Å²) in [5, 5.41) is 7.36. The van der Waals surface area contributed by atoms with Crippen molar-refractivity contribution >= 4 is 5.91 Å². The first-order chi connectivity index (χ1) is 10.7. The summed E-state index contributed by atoms with van der Waals surface area (Å²) in [7, 11) is 0. The van der Waals surface area contributed by atoms with Crippen molar-refractivity contribution in [3.8, 4) is 0 Å². The van der Waals surface area contributed by atoms with Crippen molar-refractivity contribution < 1.29 is 4.79 Å². The Labute approximate surface area is 131 Å². The quantitative estimate of drug-likeness (QED) is 0.929. The van der Waals surface area contributed by atoms with Crippen LogP contribution in [0, 0.1) is 5.92 Å². The smallest absolute Gasteiger partial charge is 0.266 e. The summed E-state index contributed by atoms with van der Waals surface area (Å²) in [6.07, 6.45) is 11.0. The molecule has 2 fully saturated rings. The summed E-state index contributed by atoms with van der Waals surface area (Å²) in [4.78, 5) is 23.9. The minimum Gasteiger partial charge on any atom is -0.353 e. The monoisotopic (exact) mass is 303 g/mol. The molecule has 22 heavy (non-hydrogen) atoms. The van der Waals surface area contributed by atoms with Crippen LogP contribution in [0.1, 0.15) is 63.8 Å². The summed E-state index contributed by atoms with van der Waals surface area (Å²) < 4.78 is 1.59. The Morgan fingerprint density at radius 2 is 1.91 bits per heavy atom. The lowest BCUT2D eigenvalue weighted by atomic mass is 9.91. The molecule has 5 heteroatoms. The van der Waals surface area contributed by atoms with Crippen LogP contribution in [0.2, 0.25) is 0 Å². The fraction of sp³-hybridized carbons (Fsp3) is 0.706. The molecule has 5 nitrogen and oxygen atoms in total. The van der Waals surface area contributed by atoms with E-state index in [2.05, 4.69) is 10.4 Å². The van der Waals surface area contributed by atoms with Gasteiger partial charge in [0.05, 0.1) is 6.04 Å². The van der Waals surface area contributed by atoms with Gasteiger partial charge in [-0.3, -0.25) is 9.59 Å². The molecule has 0 radical (unpaired) electrons. The molecule has 1 heterocycles. The molecule has 0 unspecified atom stereocenters. The molecule has 0 aliphatic heterocycles. The SMILES string of the molecule is O=C(CC1CCCC1)NC1CCC(n2ncccc2=O)CC1. The van der Waals surface area contributed by atoms with E-state index in [1.807, 2.05) is 0 Å². The maximum Gasteiger partial charge on any atom is 0.266 e. The van der Waals surface area contributed by atoms with E-state index >= 15 is 0 Å². The zero-order valence-corrected chi connectivity index (χ0v) is 13.0. The Morgan fingerprint density at radius 1 is 1.18 bits per heavy atom. The minimum absolute atomic E-state index is 0.0313. The number of nitrogens with one attached hydrogen (secondary N) is 1. The molecule has 1 N–H and O–H groups in total. The molecule has 2 saturated carbocycles. The van der Waals surface area contributed by atoms with Crippen LogP contribution in [0.25, 0.3) is 0 Å². The molecular weight excluding hydrogens is 278 g/mol. The van der Waals surface area contributed by atoms with E-state index in [0.717, 1.165) is 25.7 Å². The second-order valence-corrected chi connectivity index (χ2v) is 6.73. The van der Waals surface area contributed by atoms with Gasteiger partial charge in [-0.25, -0.2) is 4.68 Å². The van der Waals surface area contributed by atoms with Gasteiger partial charge in [-0.05, 0) is 50.5 Å². The number of carbonyl (C=O) groups is 1. The van der Waals surface area contributed by atoms with Crippen LogP contribution >= 0.6 is 0 Å². The molecule has 0 saturated heterocycles. The van der Waals surface area contributed by atoms with Crippen molar-refractivity contribution in [2.24, 2.45) is 5.92 Å². The maximum atomic E-state index is 12.1. The summed E-state index contributed by atoms with van der Waals surface area (Å²) in [6.45, 7) is 0. The van der Waals surface area contributed by atoms with E-state index in [1.54, 1.807) is 23.0 Å². The van der Waals surface area contributed by atoms with Gasteiger partial charge in [-0.1, -0.05) is 12.8 Å². The van der Waals surface area contributed by atoms with Gasteiger partial charge in [0.2, 0.25) is 5.91 Å². The largest absolute Gasteiger partial charge is 0.353 e. The Bertz CT molecular complexity index is 555. The van der Waals surface area contributed by atoms with Crippen molar-refractivity contribution in [3.05, 3.63) is 28.7 Å². The van der Waals surface area contributed by atoms with Crippen LogP contribution < -0.4 is 10.9 Å². The van der Waals surface area contributed by atoms with Crippen LogP contribution in [0.15, 0.2) is 23.1 Å². The van der Waals surface area contributed by atoms with Crippen molar-refractivity contribution in [1.82, 2.24) is 15.1 Å². The minimum atomic E-state index is -0.0313. The Hall–Kier alpha value is -1.65. The fourth-order valence-electron chi connectivity index (χ4n) is 3.87. The van der Waals surface area contributed by atoms with Gasteiger partial charge in [0, 0.05) is 24.7 Å². The molecule has 0 aromatic carbocycles. The number of rotatable bonds is 4. The molecule has 1 aromatic heterocycles. The summed E-state index contributed by atoms with van der Waals surface area (Å²) in [5.41, 5.74) is -0.0313. The summed E-state index contributed by atoms with van der Waals surface area (Å²) in [5.74, 6) is 0.814. The predicted octanol–water partition coefficient (Wildman–Crippen LogP) is 2.42. The second kappa shape index (κ2) is 7.07. The highest BCUT2D eigenvalue weighted by Gasteiger charge is 2.25. The number of aromatic nitrogens is 2. The van der Waals surface area contributed by atoms with Crippen molar-refractivity contribution in [2.75, 3.05) is 0 Å². The van der Waals surface area contributed by atoms with E-state index in [9.17, 15) is 9.59 Å². The highest BCUT2D eigenvalue weighted by atomic mass is 16.1. The maximum absolute atomic E-state index is 12.1. The fourth-order valence-corrected chi connectivity index (χ4v) is 3.87. The Balaban J connectivity index is 1.46. The third-order valence-corrected chi connectivity index (χ3v) is 5.10. The average molecular weight is 303 g/mol. The molecule has 0 spiro atoms. The van der Waals surface area contributed by atoms with Crippen LogP contribution in [-0.4, -0.2) is 21.7 Å². The number of carbonyl (C=O) groups excluding carboxylic acids is 1. The Morgan fingerprint density at radius 3 is 2.59 bits per heavy atom. The highest BCUT2D eigenvalue weighted by Crippen LogP contribution is 2.29. The van der Waals surface area contributed by atoms with E-state index in [4.69, 9.17) is 0 Å². The first-order valence-electron chi connectivity index (χ1n) is 8.55. The normalized spacial score (nSPS) is 26.0. The Kier molecular flexibility index (Phi) is 4.90. The first-order valence-corrected chi connectivity index (χ1v) is 8.55. The highest BCUT2D eigenvalue weighted by molar-refractivity contribution is 5.76. The lowest BCUT2D eigenvalue weighted by molar-refractivity contribution is -0.122. The molecule has 3 rings (SSSR count). The topological polar surface area (TPSA) is 64.0 Å². The van der Waals surface area contributed by atoms with Crippen LogP contribution in [0.4, 0.5) is 0 Å². The number of hydrogen-bond donors (Lipinski definition) is 1. The molecule has 0 bridgehead atoms. The average Bonchev–Trinajstić information content (AvgIpc) is 3.01. The van der Waals surface area contributed by atoms with Crippen LogP contribution in [0.5, 0.6) is 0 Å². The predicted molar refractivity (Wildman–Crippen MR) is 84.5 cm³/mol. The van der Waals surface area contributed by atoms with Crippen molar-refractivity contribution in [1.29, 1.82) is 0 Å². The van der Waals surface area contributed by atoms with Crippen LogP contribution in [0.3, 0.4) is 0 Å². The zero-order valence-electron chi connectivity index (χ0n) is 13.0. The van der Waals surface area contributed by atoms with Crippen LogP contribution in [-0.2, 0) is 4.79 Å². The second-order valence-electron chi connectivity index (χ2n) is 6.73. The molecular formula is C17H25N3O2. The molecule has 2 aliphatic rings. The molecule has 120 valence electrons. The summed E-state index contributed by atoms with van der Waals surface area (Å²) >= 11 is 0. The van der Waals surface area contributed by atoms with Crippen molar-refractivity contribution in [3.63, 3.8) is 0 Å². The zero-order chi connectivity index (χ0) is 15.4. The third-order valence-electron chi connectivity index (χ3n) is 5.10. The summed E-state index contributed by atoms with van der Waals surface area (Å²) in [6, 6.07) is 3.68. The first kappa shape index (κ1) is 15.3. The van der Waals surface area contributed by atoms with Gasteiger partial charge >= 0.3 is 0 Å². The van der Waals surface area contributed by atoms with E-state index in [0.29, 0.717) is 12.3 Å². The van der Waals surface area contributed by atoms with Gasteiger partial charge in [0.15, 0.2) is 0 Å². The van der Waals surface area contributed by atoms with E-state index < -0.39 is 0 Å². The number of amides is 1. The molecule has 1 amide bonds.